The largest absolute Gasteiger partial charge is 0.352 e. The maximum Gasteiger partial charge on any atom is 0.264 e. The first-order valence-electron chi connectivity index (χ1n) is 8.37. The number of hydrogen-bond acceptors (Lipinski definition) is 3. The average molecular weight is 360 g/mol. The maximum absolute atomic E-state index is 13.1. The second kappa shape index (κ2) is 8.16. The van der Waals surface area contributed by atoms with Gasteiger partial charge in [-0.3, -0.25) is 9.10 Å². The lowest BCUT2D eigenvalue weighted by Crippen LogP contribution is -2.31. The van der Waals surface area contributed by atoms with Crippen molar-refractivity contribution in [1.29, 1.82) is 0 Å². The molecule has 2 aromatic rings. The molecule has 1 amide bonds. The van der Waals surface area contributed by atoms with Crippen LogP contribution in [-0.4, -0.2) is 27.4 Å². The molecule has 0 aliphatic heterocycles. The van der Waals surface area contributed by atoms with E-state index in [1.165, 1.54) is 16.4 Å². The fourth-order valence-electron chi connectivity index (χ4n) is 2.54. The normalized spacial score (nSPS) is 11.2. The highest BCUT2D eigenvalue weighted by atomic mass is 32.2. The van der Waals surface area contributed by atoms with Gasteiger partial charge in [-0.2, -0.15) is 0 Å². The quantitative estimate of drug-likeness (QED) is 0.823. The number of aryl methyl sites for hydroxylation is 1. The van der Waals surface area contributed by atoms with Gasteiger partial charge >= 0.3 is 0 Å². The van der Waals surface area contributed by atoms with Crippen molar-refractivity contribution in [3.8, 4) is 0 Å². The molecule has 0 fully saturated rings. The van der Waals surface area contributed by atoms with Crippen LogP contribution in [0.25, 0.3) is 0 Å². The lowest BCUT2D eigenvalue weighted by molar-refractivity contribution is 0.0953. The summed E-state index contributed by atoms with van der Waals surface area (Å²) in [7, 11) is -3.74. The second-order valence-corrected chi connectivity index (χ2v) is 7.65. The number of nitrogens with zero attached hydrogens (tertiary/aromatic N) is 1. The lowest BCUT2D eigenvalue weighted by atomic mass is 10.2. The molecule has 6 heteroatoms. The van der Waals surface area contributed by atoms with E-state index in [0.29, 0.717) is 24.3 Å². The van der Waals surface area contributed by atoms with Gasteiger partial charge in [0.15, 0.2) is 0 Å². The highest BCUT2D eigenvalue weighted by molar-refractivity contribution is 7.92. The fourth-order valence-corrected chi connectivity index (χ4v) is 4.05. The van der Waals surface area contributed by atoms with E-state index in [4.69, 9.17) is 0 Å². The third-order valence-electron chi connectivity index (χ3n) is 3.80. The number of carbonyl (C=O) groups excluding carboxylic acids is 1. The summed E-state index contributed by atoms with van der Waals surface area (Å²) in [6, 6.07) is 13.5. The molecule has 0 unspecified atom stereocenters. The van der Waals surface area contributed by atoms with Crippen LogP contribution in [0.15, 0.2) is 53.4 Å². The zero-order valence-corrected chi connectivity index (χ0v) is 15.6. The topological polar surface area (TPSA) is 66.5 Å². The van der Waals surface area contributed by atoms with Gasteiger partial charge < -0.3 is 5.32 Å². The van der Waals surface area contributed by atoms with Crippen LogP contribution in [-0.2, 0) is 10.0 Å². The summed E-state index contributed by atoms with van der Waals surface area (Å²) >= 11 is 0. The third-order valence-corrected chi connectivity index (χ3v) is 5.70. The summed E-state index contributed by atoms with van der Waals surface area (Å²) in [6.45, 7) is 6.53. The minimum atomic E-state index is -3.74. The molecular weight excluding hydrogens is 336 g/mol. The molecule has 0 heterocycles. The molecule has 0 aromatic heterocycles. The van der Waals surface area contributed by atoms with Crippen molar-refractivity contribution in [2.24, 2.45) is 0 Å². The molecule has 0 atom stereocenters. The molecule has 1 N–H and O–H groups in total. The minimum absolute atomic E-state index is 0.111. The Morgan fingerprint density at radius 2 is 1.80 bits per heavy atom. The van der Waals surface area contributed by atoms with Gasteiger partial charge in [0.25, 0.3) is 15.9 Å². The van der Waals surface area contributed by atoms with Crippen molar-refractivity contribution in [2.75, 3.05) is 17.4 Å². The third kappa shape index (κ3) is 4.39. The van der Waals surface area contributed by atoms with Gasteiger partial charge in [-0.25, -0.2) is 8.42 Å². The van der Waals surface area contributed by atoms with E-state index in [0.717, 1.165) is 12.0 Å². The van der Waals surface area contributed by atoms with Crippen LogP contribution in [0.1, 0.15) is 36.2 Å². The molecule has 5 nitrogen and oxygen atoms in total. The van der Waals surface area contributed by atoms with Crippen LogP contribution in [0.3, 0.4) is 0 Å². The van der Waals surface area contributed by atoms with E-state index in [2.05, 4.69) is 5.32 Å². The molecule has 0 aliphatic carbocycles. The molecule has 134 valence electrons. The first-order valence-corrected chi connectivity index (χ1v) is 9.81. The first kappa shape index (κ1) is 19.0. The molecule has 25 heavy (non-hydrogen) atoms. The molecule has 2 rings (SSSR count). The average Bonchev–Trinajstić information content (AvgIpc) is 2.60. The van der Waals surface area contributed by atoms with Gasteiger partial charge in [-0.15, -0.1) is 0 Å². The summed E-state index contributed by atoms with van der Waals surface area (Å²) in [4.78, 5) is 12.2. The van der Waals surface area contributed by atoms with Gasteiger partial charge in [0.2, 0.25) is 0 Å². The van der Waals surface area contributed by atoms with Crippen LogP contribution >= 0.6 is 0 Å². The fraction of sp³-hybridized carbons (Fsp3) is 0.316. The van der Waals surface area contributed by atoms with Gasteiger partial charge in [0, 0.05) is 18.7 Å². The van der Waals surface area contributed by atoms with Gasteiger partial charge in [0.1, 0.15) is 0 Å². The molecular formula is C19H24N2O3S. The van der Waals surface area contributed by atoms with Crippen LogP contribution in [0, 0.1) is 6.92 Å². The number of carbonyl (C=O) groups is 1. The Kier molecular flexibility index (Phi) is 6.20. The van der Waals surface area contributed by atoms with Crippen LogP contribution in [0.2, 0.25) is 0 Å². The van der Waals surface area contributed by atoms with Crippen molar-refractivity contribution in [2.45, 2.75) is 32.1 Å². The van der Waals surface area contributed by atoms with Crippen LogP contribution < -0.4 is 9.62 Å². The minimum Gasteiger partial charge on any atom is -0.352 e. The predicted octanol–water partition coefficient (Wildman–Crippen LogP) is 3.35. The molecule has 0 aliphatic rings. The molecule has 2 aromatic carbocycles. The van der Waals surface area contributed by atoms with Crippen LogP contribution in [0.5, 0.6) is 0 Å². The second-order valence-electron chi connectivity index (χ2n) is 5.79. The SMILES string of the molecule is CCCNC(=O)c1cccc(S(=O)(=O)N(CC)c2cccc(C)c2)c1. The number of amides is 1. The van der Waals surface area contributed by atoms with E-state index >= 15 is 0 Å². The van der Waals surface area contributed by atoms with E-state index in [9.17, 15) is 13.2 Å². The standard InChI is InChI=1S/C19H24N2O3S/c1-4-12-20-19(22)16-9-7-11-18(14-16)25(23,24)21(5-2)17-10-6-8-15(3)13-17/h6-11,13-14H,4-5,12H2,1-3H3,(H,20,22). The Bertz CT molecular complexity index is 847. The Labute approximate surface area is 149 Å². The summed E-state index contributed by atoms with van der Waals surface area (Å²) in [5.41, 5.74) is 1.94. The highest BCUT2D eigenvalue weighted by Crippen LogP contribution is 2.24. The number of anilines is 1. The molecule has 0 bridgehead atoms. The Balaban J connectivity index is 2.39. The van der Waals surface area contributed by atoms with Crippen molar-refractivity contribution in [3.63, 3.8) is 0 Å². The molecule has 0 saturated carbocycles. The Morgan fingerprint density at radius 1 is 1.08 bits per heavy atom. The number of nitrogens with one attached hydrogen (secondary N) is 1. The van der Waals surface area contributed by atoms with E-state index in [1.54, 1.807) is 25.1 Å². The Hall–Kier alpha value is -2.34. The summed E-state index contributed by atoms with van der Waals surface area (Å²) < 4.78 is 27.5. The van der Waals surface area contributed by atoms with E-state index < -0.39 is 10.0 Å². The predicted molar refractivity (Wildman–Crippen MR) is 100 cm³/mol. The Morgan fingerprint density at radius 3 is 2.44 bits per heavy atom. The summed E-state index contributed by atoms with van der Waals surface area (Å²) in [5, 5.41) is 2.76. The smallest absolute Gasteiger partial charge is 0.264 e. The zero-order valence-electron chi connectivity index (χ0n) is 14.8. The lowest BCUT2D eigenvalue weighted by Gasteiger charge is -2.23. The number of hydrogen-bond donors (Lipinski definition) is 1. The highest BCUT2D eigenvalue weighted by Gasteiger charge is 2.24. The first-order chi connectivity index (χ1) is 11.9. The number of benzene rings is 2. The van der Waals surface area contributed by atoms with Crippen LogP contribution in [0.4, 0.5) is 5.69 Å². The van der Waals surface area contributed by atoms with E-state index in [1.807, 2.05) is 32.0 Å². The van der Waals surface area contributed by atoms with Crippen molar-refractivity contribution < 1.29 is 13.2 Å². The van der Waals surface area contributed by atoms with Crippen molar-refractivity contribution in [1.82, 2.24) is 5.32 Å². The van der Waals surface area contributed by atoms with Gasteiger partial charge in [0.05, 0.1) is 10.6 Å². The number of sulfonamides is 1. The molecule has 0 saturated heterocycles. The van der Waals surface area contributed by atoms with Crippen molar-refractivity contribution >= 4 is 21.6 Å². The maximum atomic E-state index is 13.1. The molecule has 0 spiro atoms. The monoisotopic (exact) mass is 360 g/mol. The summed E-state index contributed by atoms with van der Waals surface area (Å²) in [5.74, 6) is -0.266. The zero-order chi connectivity index (χ0) is 18.4. The van der Waals surface area contributed by atoms with Crippen molar-refractivity contribution in [3.05, 3.63) is 59.7 Å². The van der Waals surface area contributed by atoms with Gasteiger partial charge in [-0.1, -0.05) is 25.1 Å². The van der Waals surface area contributed by atoms with Gasteiger partial charge in [-0.05, 0) is 56.2 Å². The van der Waals surface area contributed by atoms with E-state index in [-0.39, 0.29) is 10.8 Å². The number of rotatable bonds is 7. The molecule has 0 radical (unpaired) electrons. The summed E-state index contributed by atoms with van der Waals surface area (Å²) in [6.07, 6.45) is 0.820.